The minimum Gasteiger partial charge on any atom is -0.492 e. The quantitative estimate of drug-likeness (QED) is 0.327. The van der Waals surface area contributed by atoms with Gasteiger partial charge in [-0.2, -0.15) is 0 Å². The van der Waals surface area contributed by atoms with Gasteiger partial charge in [-0.1, -0.05) is 59.1 Å². The highest BCUT2D eigenvalue weighted by molar-refractivity contribution is 7.90. The fourth-order valence-electron chi connectivity index (χ4n) is 4.54. The summed E-state index contributed by atoms with van der Waals surface area (Å²) in [6.45, 7) is 6.33. The lowest BCUT2D eigenvalue weighted by Gasteiger charge is -2.46. The van der Waals surface area contributed by atoms with Crippen molar-refractivity contribution in [2.45, 2.75) is 36.7 Å². The molecule has 0 radical (unpaired) electrons. The molecule has 4 rings (SSSR count). The number of halogens is 3. The fraction of sp³-hybridized carbons (Fsp3) is 0.269. The molecule has 0 N–H and O–H groups in total. The maximum Gasteiger partial charge on any atom is 0.177 e. The maximum atomic E-state index is 12.5. The van der Waals surface area contributed by atoms with Crippen LogP contribution in [-0.2, 0) is 20.9 Å². The van der Waals surface area contributed by atoms with Crippen molar-refractivity contribution < 1.29 is 13.2 Å². The van der Waals surface area contributed by atoms with Gasteiger partial charge in [0.2, 0.25) is 0 Å². The van der Waals surface area contributed by atoms with Crippen LogP contribution in [0.5, 0.6) is 5.75 Å². The average molecular weight is 552 g/mol. The molecule has 2 unspecified atom stereocenters. The zero-order valence-corrected chi connectivity index (χ0v) is 22.8. The van der Waals surface area contributed by atoms with Crippen LogP contribution in [0.4, 0.5) is 5.69 Å². The molecule has 2 atom stereocenters. The Hall–Kier alpha value is -2.25. The van der Waals surface area contributed by atoms with E-state index in [0.717, 1.165) is 17.4 Å². The molecule has 5 nitrogen and oxygen atoms in total. The first-order valence-corrected chi connectivity index (χ1v) is 14.0. The van der Waals surface area contributed by atoms with Crippen molar-refractivity contribution in [1.82, 2.24) is 0 Å². The van der Waals surface area contributed by atoms with Gasteiger partial charge >= 0.3 is 0 Å². The Morgan fingerprint density at radius 2 is 1.46 bits per heavy atom. The Balaban J connectivity index is 2.01. The smallest absolute Gasteiger partial charge is 0.177 e. The molecule has 184 valence electrons. The molecular formula is C26H25Cl3N2O3S. The van der Waals surface area contributed by atoms with Crippen LogP contribution >= 0.6 is 34.8 Å². The van der Waals surface area contributed by atoms with Crippen molar-refractivity contribution in [2.24, 2.45) is 4.99 Å². The number of sulfone groups is 1. The van der Waals surface area contributed by atoms with Crippen LogP contribution < -0.4 is 9.64 Å². The minimum absolute atomic E-state index is 0.0181. The Kier molecular flexibility index (Phi) is 6.88. The second kappa shape index (κ2) is 9.32. The molecule has 3 aromatic carbocycles. The molecule has 0 amide bonds. The summed E-state index contributed by atoms with van der Waals surface area (Å²) >= 11 is 18.8. The summed E-state index contributed by atoms with van der Waals surface area (Å²) < 4.78 is 31.0. The molecule has 0 bridgehead atoms. The highest BCUT2D eigenvalue weighted by Gasteiger charge is 2.55. The molecule has 1 aliphatic heterocycles. The lowest BCUT2D eigenvalue weighted by molar-refractivity contribution is 0.292. The topological polar surface area (TPSA) is 59.0 Å². The van der Waals surface area contributed by atoms with Crippen LogP contribution in [0.2, 0.25) is 15.1 Å². The molecule has 1 aliphatic rings. The Morgan fingerprint density at radius 1 is 0.914 bits per heavy atom. The van der Waals surface area contributed by atoms with E-state index >= 15 is 0 Å². The number of anilines is 1. The largest absolute Gasteiger partial charge is 0.492 e. The highest BCUT2D eigenvalue weighted by Crippen LogP contribution is 2.54. The third-order valence-electron chi connectivity index (χ3n) is 6.65. The van der Waals surface area contributed by atoms with Crippen molar-refractivity contribution in [1.29, 1.82) is 0 Å². The van der Waals surface area contributed by atoms with Gasteiger partial charge in [-0.3, -0.25) is 4.99 Å². The number of benzene rings is 3. The summed E-state index contributed by atoms with van der Waals surface area (Å²) in [7, 11) is -3.60. The first-order valence-electron chi connectivity index (χ1n) is 10.9. The zero-order chi connectivity index (χ0) is 25.6. The van der Waals surface area contributed by atoms with Gasteiger partial charge in [0.15, 0.2) is 9.84 Å². The van der Waals surface area contributed by atoms with Gasteiger partial charge in [0.1, 0.15) is 11.3 Å². The van der Waals surface area contributed by atoms with Gasteiger partial charge in [-0.15, -0.1) is 0 Å². The van der Waals surface area contributed by atoms with E-state index in [4.69, 9.17) is 44.5 Å². The number of aliphatic imine (C=N–C) groups is 1. The predicted octanol–water partition coefficient (Wildman–Crippen LogP) is 7.13. The second-order valence-electron chi connectivity index (χ2n) is 8.73. The van der Waals surface area contributed by atoms with Gasteiger partial charge < -0.3 is 9.64 Å². The maximum absolute atomic E-state index is 12.5. The van der Waals surface area contributed by atoms with E-state index in [2.05, 4.69) is 6.92 Å². The summed E-state index contributed by atoms with van der Waals surface area (Å²) in [5, 5.41) is 1.33. The number of nitrogens with zero attached hydrogens (tertiary/aromatic N) is 2. The van der Waals surface area contributed by atoms with Crippen LogP contribution in [0, 0.1) is 0 Å². The highest BCUT2D eigenvalue weighted by atomic mass is 35.5. The lowest BCUT2D eigenvalue weighted by atomic mass is 9.70. The minimum atomic E-state index is -3.60. The van der Waals surface area contributed by atoms with Crippen LogP contribution in [0.3, 0.4) is 0 Å². The normalized spacial score (nSPS) is 22.0. The van der Waals surface area contributed by atoms with Crippen molar-refractivity contribution in [2.75, 3.05) is 17.8 Å². The predicted molar refractivity (Wildman–Crippen MR) is 144 cm³/mol. The first kappa shape index (κ1) is 25.8. The molecule has 0 spiro atoms. The Bertz CT molecular complexity index is 1390. The molecular weight excluding hydrogens is 527 g/mol. The van der Waals surface area contributed by atoms with E-state index in [9.17, 15) is 8.42 Å². The monoisotopic (exact) mass is 550 g/mol. The molecule has 1 heterocycles. The van der Waals surface area contributed by atoms with Crippen LogP contribution in [-0.4, -0.2) is 27.6 Å². The molecule has 3 aromatic rings. The van der Waals surface area contributed by atoms with Crippen LogP contribution in [0.15, 0.2) is 70.6 Å². The van der Waals surface area contributed by atoms with Crippen LogP contribution in [0.1, 0.15) is 31.9 Å². The molecule has 0 saturated heterocycles. The summed E-state index contributed by atoms with van der Waals surface area (Å²) in [4.78, 5) is 6.94. The SMILES string of the molecule is CCOc1cc(Cl)c(S(C)(=O)=O)cc1N1C=NC(C)(c2ccc(Cl)cc2)C1(C)c1ccc(Cl)cc1. The number of rotatable bonds is 6. The fourth-order valence-corrected chi connectivity index (χ4v) is 6.11. The van der Waals surface area contributed by atoms with Gasteiger partial charge in [-0.25, -0.2) is 8.42 Å². The van der Waals surface area contributed by atoms with Crippen molar-refractivity contribution in [3.8, 4) is 5.75 Å². The van der Waals surface area contributed by atoms with Gasteiger partial charge in [0.05, 0.1) is 34.1 Å². The third-order valence-corrected chi connectivity index (χ3v) is 8.71. The van der Waals surface area contributed by atoms with E-state index in [1.54, 1.807) is 18.5 Å². The third kappa shape index (κ3) is 4.42. The van der Waals surface area contributed by atoms with Crippen molar-refractivity contribution in [3.63, 3.8) is 0 Å². The zero-order valence-electron chi connectivity index (χ0n) is 19.7. The second-order valence-corrected chi connectivity index (χ2v) is 12.0. The number of hydrogen-bond donors (Lipinski definition) is 0. The van der Waals surface area contributed by atoms with E-state index < -0.39 is 20.9 Å². The molecule has 0 saturated carbocycles. The lowest BCUT2D eigenvalue weighted by Crippen LogP contribution is -2.51. The van der Waals surface area contributed by atoms with E-state index in [1.165, 1.54) is 0 Å². The standard InChI is InChI=1S/C26H25Cl3N2O3S/c1-5-34-23-14-21(29)24(35(4,32)33)15-22(23)31-16-30-25(2,17-6-10-19(27)11-7-17)26(31,3)18-8-12-20(28)13-9-18/h6-16H,5H2,1-4H3. The molecule has 0 aromatic heterocycles. The van der Waals surface area contributed by atoms with Gasteiger partial charge in [-0.05, 0) is 62.2 Å². The van der Waals surface area contributed by atoms with Crippen molar-refractivity contribution in [3.05, 3.63) is 86.9 Å². The molecule has 9 heteroatoms. The van der Waals surface area contributed by atoms with Gasteiger partial charge in [0.25, 0.3) is 0 Å². The van der Waals surface area contributed by atoms with Gasteiger partial charge in [0, 0.05) is 22.4 Å². The Morgan fingerprint density at radius 3 is 1.97 bits per heavy atom. The summed E-state index contributed by atoms with van der Waals surface area (Å²) in [6.07, 6.45) is 2.85. The summed E-state index contributed by atoms with van der Waals surface area (Å²) in [6, 6.07) is 18.2. The number of hydrogen-bond acceptors (Lipinski definition) is 5. The first-order chi connectivity index (χ1) is 16.4. The molecule has 35 heavy (non-hydrogen) atoms. The summed E-state index contributed by atoms with van der Waals surface area (Å²) in [5.74, 6) is 0.455. The van der Waals surface area contributed by atoms with Crippen molar-refractivity contribution >= 4 is 56.7 Å². The van der Waals surface area contributed by atoms with E-state index in [0.29, 0.717) is 28.1 Å². The van der Waals surface area contributed by atoms with Crippen LogP contribution in [0.25, 0.3) is 0 Å². The summed E-state index contributed by atoms with van der Waals surface area (Å²) in [5.41, 5.74) is 0.818. The molecule has 0 aliphatic carbocycles. The Labute approximate surface area is 221 Å². The van der Waals surface area contributed by atoms with E-state index in [-0.39, 0.29) is 9.92 Å². The average Bonchev–Trinajstić information content (AvgIpc) is 3.06. The number of ether oxygens (including phenoxy) is 1. The van der Waals surface area contributed by atoms with E-state index in [1.807, 2.05) is 67.3 Å². The molecule has 0 fully saturated rings.